The molecule has 1 saturated carbocycles. The second kappa shape index (κ2) is 6.41. The molecule has 0 amide bonds. The lowest BCUT2D eigenvalue weighted by atomic mass is 9.81. The molecule has 0 aliphatic heterocycles. The van der Waals surface area contributed by atoms with E-state index in [-0.39, 0.29) is 0 Å². The Labute approximate surface area is 132 Å². The number of benzene rings is 1. The Kier molecular flexibility index (Phi) is 4.56. The van der Waals surface area contributed by atoms with Gasteiger partial charge in [-0.25, -0.2) is 0 Å². The molecule has 0 radical (unpaired) electrons. The summed E-state index contributed by atoms with van der Waals surface area (Å²) in [6.45, 7) is 0.742. The number of rotatable bonds is 3. The zero-order valence-electron chi connectivity index (χ0n) is 12.8. The summed E-state index contributed by atoms with van der Waals surface area (Å²) in [5.41, 5.74) is 8.81. The first-order valence-electron chi connectivity index (χ1n) is 8.15. The Hall–Kier alpha value is -0.990. The van der Waals surface area contributed by atoms with Crippen LogP contribution in [-0.2, 0) is 7.05 Å². The van der Waals surface area contributed by atoms with Gasteiger partial charge in [0.05, 0.1) is 0 Å². The van der Waals surface area contributed by atoms with Crippen LogP contribution >= 0.6 is 11.6 Å². The number of fused-ring (bicyclic) bond motifs is 1. The van der Waals surface area contributed by atoms with Crippen molar-refractivity contribution in [1.29, 1.82) is 0 Å². The van der Waals surface area contributed by atoms with E-state index in [0.29, 0.717) is 5.92 Å². The highest BCUT2D eigenvalue weighted by Gasteiger charge is 2.25. The number of nitrogens with two attached hydrogens (primary N) is 1. The van der Waals surface area contributed by atoms with Gasteiger partial charge in [0.25, 0.3) is 0 Å². The normalized spacial score (nSPS) is 18.8. The van der Waals surface area contributed by atoms with Crippen molar-refractivity contribution < 1.29 is 0 Å². The first-order chi connectivity index (χ1) is 10.2. The number of aromatic nitrogens is 1. The fourth-order valence-electron chi connectivity index (χ4n) is 3.97. The van der Waals surface area contributed by atoms with Crippen LogP contribution in [0.4, 0.5) is 0 Å². The van der Waals surface area contributed by atoms with Crippen molar-refractivity contribution in [2.45, 2.75) is 44.4 Å². The Balaban J connectivity index is 2.00. The van der Waals surface area contributed by atoms with Gasteiger partial charge in [-0.15, -0.1) is 0 Å². The summed E-state index contributed by atoms with van der Waals surface area (Å²) in [5, 5.41) is 2.12. The molecule has 2 aromatic rings. The predicted molar refractivity (Wildman–Crippen MR) is 90.9 cm³/mol. The van der Waals surface area contributed by atoms with Crippen LogP contribution in [0.3, 0.4) is 0 Å². The second-order valence-electron chi connectivity index (χ2n) is 6.45. The average molecular weight is 305 g/mol. The van der Waals surface area contributed by atoms with Crippen molar-refractivity contribution in [3.63, 3.8) is 0 Å². The van der Waals surface area contributed by atoms with E-state index < -0.39 is 0 Å². The van der Waals surface area contributed by atoms with Crippen molar-refractivity contribution in [1.82, 2.24) is 4.57 Å². The van der Waals surface area contributed by atoms with Gasteiger partial charge in [-0.1, -0.05) is 43.4 Å². The molecule has 3 rings (SSSR count). The molecule has 1 aliphatic rings. The lowest BCUT2D eigenvalue weighted by molar-refractivity contribution is 0.381. The van der Waals surface area contributed by atoms with E-state index in [0.717, 1.165) is 17.5 Å². The molecular weight excluding hydrogens is 280 g/mol. The van der Waals surface area contributed by atoms with Crippen molar-refractivity contribution in [3.8, 4) is 0 Å². The minimum atomic E-state index is 0.480. The van der Waals surface area contributed by atoms with Crippen molar-refractivity contribution >= 4 is 22.5 Å². The second-order valence-corrected chi connectivity index (χ2v) is 6.89. The fraction of sp³-hybridized carbons (Fsp3) is 0.556. The molecular formula is C18H25ClN2. The minimum absolute atomic E-state index is 0.480. The molecule has 1 aromatic carbocycles. The van der Waals surface area contributed by atoms with Gasteiger partial charge in [-0.2, -0.15) is 0 Å². The monoisotopic (exact) mass is 304 g/mol. The van der Waals surface area contributed by atoms with E-state index in [1.165, 1.54) is 55.0 Å². The van der Waals surface area contributed by atoms with Gasteiger partial charge in [0.15, 0.2) is 0 Å². The molecule has 0 saturated heterocycles. The molecule has 114 valence electrons. The molecule has 1 aliphatic carbocycles. The third-order valence-corrected chi connectivity index (χ3v) is 5.34. The summed E-state index contributed by atoms with van der Waals surface area (Å²) in [4.78, 5) is 0. The molecule has 21 heavy (non-hydrogen) atoms. The SMILES string of the molecule is Cn1cc(C(CN)C2CCCCCC2)c2ccc(Cl)cc21. The lowest BCUT2D eigenvalue weighted by Crippen LogP contribution is -2.21. The molecule has 2 N–H and O–H groups in total. The number of nitrogens with zero attached hydrogens (tertiary/aromatic N) is 1. The quantitative estimate of drug-likeness (QED) is 0.808. The molecule has 1 heterocycles. The molecule has 1 fully saturated rings. The van der Waals surface area contributed by atoms with Crippen LogP contribution in [0, 0.1) is 5.92 Å². The molecule has 3 heteroatoms. The van der Waals surface area contributed by atoms with E-state index in [1.54, 1.807) is 0 Å². The van der Waals surface area contributed by atoms with E-state index in [9.17, 15) is 0 Å². The molecule has 2 nitrogen and oxygen atoms in total. The zero-order valence-corrected chi connectivity index (χ0v) is 13.6. The standard InChI is InChI=1S/C18H25ClN2/c1-21-12-17(15-9-8-14(19)10-18(15)21)16(11-20)13-6-4-2-3-5-7-13/h8-10,12-13,16H,2-7,11,20H2,1H3. The van der Waals surface area contributed by atoms with Gasteiger partial charge in [0, 0.05) is 35.1 Å². The fourth-order valence-corrected chi connectivity index (χ4v) is 4.14. The van der Waals surface area contributed by atoms with Crippen LogP contribution in [0.25, 0.3) is 10.9 Å². The lowest BCUT2D eigenvalue weighted by Gasteiger charge is -2.24. The van der Waals surface area contributed by atoms with Gasteiger partial charge < -0.3 is 10.3 Å². The molecule has 1 unspecified atom stereocenters. The van der Waals surface area contributed by atoms with Gasteiger partial charge in [-0.05, 0) is 43.0 Å². The molecule has 1 aromatic heterocycles. The smallest absolute Gasteiger partial charge is 0.0495 e. The average Bonchev–Trinajstić information content (AvgIpc) is 2.68. The van der Waals surface area contributed by atoms with Crippen molar-refractivity contribution in [2.75, 3.05) is 6.54 Å². The summed E-state index contributed by atoms with van der Waals surface area (Å²) in [7, 11) is 2.10. The highest BCUT2D eigenvalue weighted by atomic mass is 35.5. The number of hydrogen-bond acceptors (Lipinski definition) is 1. The summed E-state index contributed by atoms with van der Waals surface area (Å²) in [5.74, 6) is 1.21. The predicted octanol–water partition coefficient (Wildman–Crippen LogP) is 4.84. The van der Waals surface area contributed by atoms with Crippen LogP contribution in [-0.4, -0.2) is 11.1 Å². The third kappa shape index (κ3) is 2.97. The largest absolute Gasteiger partial charge is 0.350 e. The summed E-state index contributed by atoms with van der Waals surface area (Å²) < 4.78 is 2.19. The van der Waals surface area contributed by atoms with Crippen molar-refractivity contribution in [3.05, 3.63) is 35.0 Å². The van der Waals surface area contributed by atoms with Gasteiger partial charge >= 0.3 is 0 Å². The topological polar surface area (TPSA) is 30.9 Å². The van der Waals surface area contributed by atoms with Crippen molar-refractivity contribution in [2.24, 2.45) is 18.7 Å². The highest BCUT2D eigenvalue weighted by Crippen LogP contribution is 2.38. The van der Waals surface area contributed by atoms with E-state index in [1.807, 2.05) is 6.07 Å². The zero-order chi connectivity index (χ0) is 14.8. The maximum absolute atomic E-state index is 6.18. The van der Waals surface area contributed by atoms with Gasteiger partial charge in [0.2, 0.25) is 0 Å². The van der Waals surface area contributed by atoms with Gasteiger partial charge in [0.1, 0.15) is 0 Å². The Bertz CT molecular complexity index is 609. The maximum Gasteiger partial charge on any atom is 0.0495 e. The first-order valence-corrected chi connectivity index (χ1v) is 8.53. The van der Waals surface area contributed by atoms with E-state index >= 15 is 0 Å². The van der Waals surface area contributed by atoms with Crippen LogP contribution in [0.1, 0.15) is 50.0 Å². The number of aryl methyl sites for hydroxylation is 1. The van der Waals surface area contributed by atoms with Crippen LogP contribution in [0.15, 0.2) is 24.4 Å². The molecule has 0 spiro atoms. The number of hydrogen-bond donors (Lipinski definition) is 1. The maximum atomic E-state index is 6.18. The third-order valence-electron chi connectivity index (χ3n) is 5.11. The Morgan fingerprint density at radius 1 is 1.24 bits per heavy atom. The van der Waals surface area contributed by atoms with E-state index in [4.69, 9.17) is 17.3 Å². The van der Waals surface area contributed by atoms with Crippen LogP contribution < -0.4 is 5.73 Å². The van der Waals surface area contributed by atoms with Crippen LogP contribution in [0.2, 0.25) is 5.02 Å². The Morgan fingerprint density at radius 3 is 2.62 bits per heavy atom. The van der Waals surface area contributed by atoms with Crippen LogP contribution in [0.5, 0.6) is 0 Å². The summed E-state index contributed by atoms with van der Waals surface area (Å²) in [6, 6.07) is 6.21. The summed E-state index contributed by atoms with van der Waals surface area (Å²) >= 11 is 6.15. The molecule has 1 atom stereocenters. The molecule has 0 bridgehead atoms. The highest BCUT2D eigenvalue weighted by molar-refractivity contribution is 6.31. The van der Waals surface area contributed by atoms with Gasteiger partial charge in [-0.3, -0.25) is 0 Å². The Morgan fingerprint density at radius 2 is 1.95 bits per heavy atom. The number of halogens is 1. The summed E-state index contributed by atoms with van der Waals surface area (Å²) in [6.07, 6.45) is 10.4. The van der Waals surface area contributed by atoms with E-state index in [2.05, 4.69) is 29.9 Å². The first kappa shape index (κ1) is 14.9. The minimum Gasteiger partial charge on any atom is -0.350 e.